The maximum Gasteiger partial charge on any atom is 0.338 e. The van der Waals surface area contributed by atoms with Crippen molar-refractivity contribution in [2.75, 3.05) is 7.11 Å². The second-order valence-corrected chi connectivity index (χ2v) is 4.31. The molecule has 0 unspecified atom stereocenters. The maximum atomic E-state index is 11.9. The Morgan fingerprint density at radius 3 is 1.95 bits per heavy atom. The minimum atomic E-state index is -0.367. The van der Waals surface area contributed by atoms with Gasteiger partial charge in [-0.2, -0.15) is 0 Å². The molecule has 0 radical (unpaired) electrons. The van der Waals surface area contributed by atoms with Crippen LogP contribution in [0.1, 0.15) is 11.1 Å². The molecule has 0 fully saturated rings. The molecule has 0 aliphatic heterocycles. The minimum absolute atomic E-state index is 0.367. The van der Waals surface area contributed by atoms with Crippen LogP contribution < -0.4 is 0 Å². The fourth-order valence-corrected chi connectivity index (χ4v) is 1.90. The zero-order valence-corrected chi connectivity index (χ0v) is 11.4. The van der Waals surface area contributed by atoms with E-state index in [1.807, 2.05) is 60.7 Å². The molecular formula is C18H16O2. The van der Waals surface area contributed by atoms with Crippen LogP contribution in [0.2, 0.25) is 0 Å². The van der Waals surface area contributed by atoms with Crippen LogP contribution in [-0.4, -0.2) is 13.1 Å². The Morgan fingerprint density at radius 1 is 0.950 bits per heavy atom. The quantitative estimate of drug-likeness (QED) is 0.474. The van der Waals surface area contributed by atoms with Crippen molar-refractivity contribution in [3.63, 3.8) is 0 Å². The average molecular weight is 264 g/mol. The van der Waals surface area contributed by atoms with E-state index in [1.54, 1.807) is 6.08 Å². The number of ether oxygens (including phenoxy) is 1. The van der Waals surface area contributed by atoms with Crippen molar-refractivity contribution in [1.29, 1.82) is 0 Å². The smallest absolute Gasteiger partial charge is 0.338 e. The molecule has 0 aliphatic rings. The molecule has 0 aromatic heterocycles. The number of carbonyl (C=O) groups is 1. The number of hydrogen-bond acceptors (Lipinski definition) is 2. The summed E-state index contributed by atoms with van der Waals surface area (Å²) < 4.78 is 4.86. The van der Waals surface area contributed by atoms with Gasteiger partial charge in [0.1, 0.15) is 0 Å². The molecule has 0 aliphatic carbocycles. The Kier molecular flexibility index (Phi) is 4.51. The van der Waals surface area contributed by atoms with E-state index in [9.17, 15) is 4.79 Å². The van der Waals surface area contributed by atoms with Crippen LogP contribution >= 0.6 is 0 Å². The fraction of sp³-hybridized carbons (Fsp3) is 0.0556. The maximum absolute atomic E-state index is 11.9. The van der Waals surface area contributed by atoms with Crippen LogP contribution in [0.5, 0.6) is 0 Å². The topological polar surface area (TPSA) is 26.3 Å². The summed E-state index contributed by atoms with van der Waals surface area (Å²) in [5, 5.41) is 0. The number of hydrogen-bond donors (Lipinski definition) is 0. The highest BCUT2D eigenvalue weighted by Gasteiger charge is 2.12. The fourth-order valence-electron chi connectivity index (χ4n) is 1.90. The zero-order chi connectivity index (χ0) is 14.4. The SMILES string of the molecule is C=C(C=C(C(=O)OC)c1ccccc1)c1ccccc1. The lowest BCUT2D eigenvalue weighted by Crippen LogP contribution is -2.04. The molecule has 20 heavy (non-hydrogen) atoms. The Balaban J connectivity index is 2.40. The number of allylic oxidation sites excluding steroid dienone is 2. The van der Waals surface area contributed by atoms with Crippen molar-refractivity contribution < 1.29 is 9.53 Å². The van der Waals surface area contributed by atoms with Crippen LogP contribution in [0, 0.1) is 0 Å². The van der Waals surface area contributed by atoms with E-state index in [2.05, 4.69) is 6.58 Å². The van der Waals surface area contributed by atoms with Gasteiger partial charge in [-0.25, -0.2) is 4.79 Å². The molecule has 2 nitrogen and oxygen atoms in total. The Bertz CT molecular complexity index is 625. The monoisotopic (exact) mass is 264 g/mol. The average Bonchev–Trinajstić information content (AvgIpc) is 2.53. The van der Waals surface area contributed by atoms with Gasteiger partial charge in [0.25, 0.3) is 0 Å². The van der Waals surface area contributed by atoms with E-state index in [4.69, 9.17) is 4.74 Å². The number of carbonyl (C=O) groups excluding carboxylic acids is 1. The van der Waals surface area contributed by atoms with Gasteiger partial charge in [-0.15, -0.1) is 0 Å². The van der Waals surface area contributed by atoms with Crippen LogP contribution in [0.3, 0.4) is 0 Å². The molecule has 0 heterocycles. The number of rotatable bonds is 4. The predicted octanol–water partition coefficient (Wildman–Crippen LogP) is 3.96. The predicted molar refractivity (Wildman–Crippen MR) is 81.9 cm³/mol. The Hall–Kier alpha value is -2.61. The molecule has 0 saturated carbocycles. The van der Waals surface area contributed by atoms with Gasteiger partial charge in [-0.3, -0.25) is 0 Å². The van der Waals surface area contributed by atoms with Crippen molar-refractivity contribution in [3.8, 4) is 0 Å². The molecule has 0 N–H and O–H groups in total. The lowest BCUT2D eigenvalue weighted by Gasteiger charge is -2.07. The number of methoxy groups -OCH3 is 1. The summed E-state index contributed by atoms with van der Waals surface area (Å²) in [5.74, 6) is -0.367. The lowest BCUT2D eigenvalue weighted by atomic mass is 10.00. The highest BCUT2D eigenvalue weighted by atomic mass is 16.5. The molecule has 0 atom stereocenters. The van der Waals surface area contributed by atoms with Gasteiger partial charge in [0.15, 0.2) is 0 Å². The Morgan fingerprint density at radius 2 is 1.45 bits per heavy atom. The van der Waals surface area contributed by atoms with E-state index in [-0.39, 0.29) is 5.97 Å². The molecule has 2 aromatic carbocycles. The summed E-state index contributed by atoms with van der Waals surface area (Å²) in [4.78, 5) is 11.9. The van der Waals surface area contributed by atoms with Crippen molar-refractivity contribution in [1.82, 2.24) is 0 Å². The van der Waals surface area contributed by atoms with Crippen LogP contribution in [0.15, 0.2) is 73.3 Å². The van der Waals surface area contributed by atoms with Crippen molar-refractivity contribution >= 4 is 17.1 Å². The molecule has 0 amide bonds. The minimum Gasteiger partial charge on any atom is -0.465 e. The molecule has 2 heteroatoms. The van der Waals surface area contributed by atoms with E-state index < -0.39 is 0 Å². The van der Waals surface area contributed by atoms with Gasteiger partial charge < -0.3 is 4.74 Å². The molecule has 0 saturated heterocycles. The molecular weight excluding hydrogens is 248 g/mol. The van der Waals surface area contributed by atoms with Crippen LogP contribution in [-0.2, 0) is 9.53 Å². The van der Waals surface area contributed by atoms with Crippen molar-refractivity contribution in [3.05, 3.63) is 84.4 Å². The lowest BCUT2D eigenvalue weighted by molar-refractivity contribution is -0.133. The zero-order valence-electron chi connectivity index (χ0n) is 11.4. The van der Waals surface area contributed by atoms with Gasteiger partial charge in [-0.05, 0) is 22.8 Å². The second-order valence-electron chi connectivity index (χ2n) is 4.31. The Labute approximate surface area is 119 Å². The summed E-state index contributed by atoms with van der Waals surface area (Å²) in [6.45, 7) is 4.02. The van der Waals surface area contributed by atoms with E-state index in [0.29, 0.717) is 5.57 Å². The standard InChI is InChI=1S/C18H16O2/c1-14(15-9-5-3-6-10-15)13-17(18(19)20-2)16-11-7-4-8-12-16/h3-13H,1H2,2H3. The van der Waals surface area contributed by atoms with E-state index in [0.717, 1.165) is 16.7 Å². The number of benzene rings is 2. The molecule has 0 bridgehead atoms. The summed E-state index contributed by atoms with van der Waals surface area (Å²) >= 11 is 0. The molecule has 2 rings (SSSR count). The summed E-state index contributed by atoms with van der Waals surface area (Å²) in [7, 11) is 1.38. The van der Waals surface area contributed by atoms with Gasteiger partial charge in [0.2, 0.25) is 0 Å². The second kappa shape index (κ2) is 6.53. The third kappa shape index (κ3) is 3.23. The van der Waals surface area contributed by atoms with Crippen molar-refractivity contribution in [2.24, 2.45) is 0 Å². The van der Waals surface area contributed by atoms with Gasteiger partial charge in [-0.1, -0.05) is 67.2 Å². The largest absolute Gasteiger partial charge is 0.465 e. The van der Waals surface area contributed by atoms with Crippen LogP contribution in [0.4, 0.5) is 0 Å². The first kappa shape index (κ1) is 13.8. The number of esters is 1. The van der Waals surface area contributed by atoms with Gasteiger partial charge >= 0.3 is 5.97 Å². The highest BCUT2D eigenvalue weighted by Crippen LogP contribution is 2.22. The van der Waals surface area contributed by atoms with Crippen LogP contribution in [0.25, 0.3) is 11.1 Å². The molecule has 100 valence electrons. The molecule has 2 aromatic rings. The first-order chi connectivity index (χ1) is 9.72. The third-order valence-electron chi connectivity index (χ3n) is 2.95. The van der Waals surface area contributed by atoms with Gasteiger partial charge in [0.05, 0.1) is 12.7 Å². The van der Waals surface area contributed by atoms with E-state index >= 15 is 0 Å². The summed E-state index contributed by atoms with van der Waals surface area (Å²) in [6, 6.07) is 19.2. The van der Waals surface area contributed by atoms with E-state index in [1.165, 1.54) is 7.11 Å². The summed E-state index contributed by atoms with van der Waals surface area (Å²) in [5.41, 5.74) is 3.07. The van der Waals surface area contributed by atoms with Crippen molar-refractivity contribution in [2.45, 2.75) is 0 Å². The first-order valence-electron chi connectivity index (χ1n) is 6.32. The normalized spacial score (nSPS) is 10.9. The summed E-state index contributed by atoms with van der Waals surface area (Å²) in [6.07, 6.45) is 1.76. The first-order valence-corrected chi connectivity index (χ1v) is 6.32. The third-order valence-corrected chi connectivity index (χ3v) is 2.95. The highest BCUT2D eigenvalue weighted by molar-refractivity contribution is 6.18. The molecule has 0 spiro atoms. The van der Waals surface area contributed by atoms with Gasteiger partial charge in [0, 0.05) is 0 Å².